The summed E-state index contributed by atoms with van der Waals surface area (Å²) in [7, 11) is 0. The first kappa shape index (κ1) is 18.0. The highest BCUT2D eigenvalue weighted by molar-refractivity contribution is 4.65. The Bertz CT molecular complexity index is 163. The molecule has 2 atom stereocenters. The Kier molecular flexibility index (Phi) is 12.0. The Morgan fingerprint density at radius 3 is 1.61 bits per heavy atom. The van der Waals surface area contributed by atoms with E-state index in [0.29, 0.717) is 0 Å². The van der Waals surface area contributed by atoms with E-state index in [4.69, 9.17) is 0 Å². The van der Waals surface area contributed by atoms with Crippen LogP contribution < -0.4 is 0 Å². The van der Waals surface area contributed by atoms with E-state index in [-0.39, 0.29) is 6.10 Å². The van der Waals surface area contributed by atoms with Gasteiger partial charge in [-0.2, -0.15) is 0 Å². The van der Waals surface area contributed by atoms with Crippen LogP contribution in [0.4, 0.5) is 0 Å². The summed E-state index contributed by atoms with van der Waals surface area (Å²) in [5.74, 6) is 1.66. The lowest BCUT2D eigenvalue weighted by atomic mass is 9.90. The van der Waals surface area contributed by atoms with E-state index in [1.807, 2.05) is 0 Å². The number of hydrogen-bond donors (Lipinski definition) is 1. The minimum absolute atomic E-state index is 0.0544. The van der Waals surface area contributed by atoms with Crippen molar-refractivity contribution in [1.29, 1.82) is 0 Å². The van der Waals surface area contributed by atoms with Gasteiger partial charge in [0, 0.05) is 0 Å². The summed E-state index contributed by atoms with van der Waals surface area (Å²) in [5.41, 5.74) is 0. The van der Waals surface area contributed by atoms with Crippen LogP contribution in [0.5, 0.6) is 0 Å². The van der Waals surface area contributed by atoms with Crippen LogP contribution >= 0.6 is 0 Å². The topological polar surface area (TPSA) is 20.2 Å². The van der Waals surface area contributed by atoms with Crippen molar-refractivity contribution in [1.82, 2.24) is 0 Å². The van der Waals surface area contributed by atoms with Gasteiger partial charge in [-0.1, -0.05) is 66.2 Å². The van der Waals surface area contributed by atoms with Crippen molar-refractivity contribution in [3.8, 4) is 0 Å². The number of aliphatic hydroxyl groups is 1. The molecule has 1 N–H and O–H groups in total. The molecule has 18 heavy (non-hydrogen) atoms. The number of aliphatic hydroxyl groups excluding tert-OH is 1. The molecule has 0 heterocycles. The fourth-order valence-electron chi connectivity index (χ4n) is 2.74. The molecule has 0 amide bonds. The SMILES string of the molecule is CCCCC(CC)CCC(O)CCC(CC)CC. The predicted octanol–water partition coefficient (Wildman–Crippen LogP) is 5.56. The van der Waals surface area contributed by atoms with E-state index in [0.717, 1.165) is 24.7 Å². The maximum Gasteiger partial charge on any atom is 0.0540 e. The average molecular weight is 256 g/mol. The van der Waals surface area contributed by atoms with Gasteiger partial charge >= 0.3 is 0 Å². The van der Waals surface area contributed by atoms with E-state index >= 15 is 0 Å². The first-order chi connectivity index (χ1) is 8.67. The fraction of sp³-hybridized carbons (Fsp3) is 1.00. The highest BCUT2D eigenvalue weighted by Gasteiger charge is 2.12. The van der Waals surface area contributed by atoms with Crippen LogP contribution in [0.15, 0.2) is 0 Å². The van der Waals surface area contributed by atoms with Crippen LogP contribution in [-0.4, -0.2) is 11.2 Å². The Hall–Kier alpha value is -0.0400. The third kappa shape index (κ3) is 8.97. The van der Waals surface area contributed by atoms with Crippen molar-refractivity contribution >= 4 is 0 Å². The summed E-state index contributed by atoms with van der Waals surface area (Å²) >= 11 is 0. The Balaban J connectivity index is 3.69. The van der Waals surface area contributed by atoms with Gasteiger partial charge in [0.25, 0.3) is 0 Å². The zero-order valence-corrected chi connectivity index (χ0v) is 13.3. The van der Waals surface area contributed by atoms with Crippen molar-refractivity contribution in [2.45, 2.75) is 98.0 Å². The monoisotopic (exact) mass is 256 g/mol. The lowest BCUT2D eigenvalue weighted by molar-refractivity contribution is 0.133. The summed E-state index contributed by atoms with van der Waals surface area (Å²) < 4.78 is 0. The van der Waals surface area contributed by atoms with E-state index < -0.39 is 0 Å². The fourth-order valence-corrected chi connectivity index (χ4v) is 2.74. The normalized spacial score (nSPS) is 15.0. The standard InChI is InChI=1S/C17H36O/c1-5-9-10-16(8-4)12-14-17(18)13-11-15(6-2)7-3/h15-18H,5-14H2,1-4H3. The molecule has 1 heteroatoms. The van der Waals surface area contributed by atoms with Gasteiger partial charge in [0.1, 0.15) is 0 Å². The van der Waals surface area contributed by atoms with Gasteiger partial charge in [0.05, 0.1) is 6.10 Å². The first-order valence-electron chi connectivity index (χ1n) is 8.35. The maximum absolute atomic E-state index is 10.1. The molecule has 0 aromatic rings. The third-order valence-corrected chi connectivity index (χ3v) is 4.51. The molecule has 0 radical (unpaired) electrons. The van der Waals surface area contributed by atoms with Crippen molar-refractivity contribution in [2.24, 2.45) is 11.8 Å². The Labute approximate surface area is 115 Å². The molecule has 0 aliphatic heterocycles. The highest BCUT2D eigenvalue weighted by Crippen LogP contribution is 2.22. The second kappa shape index (κ2) is 12.0. The van der Waals surface area contributed by atoms with Crippen LogP contribution in [-0.2, 0) is 0 Å². The molecular formula is C17H36O. The zero-order valence-electron chi connectivity index (χ0n) is 13.3. The molecule has 0 rings (SSSR count). The van der Waals surface area contributed by atoms with E-state index in [2.05, 4.69) is 27.7 Å². The summed E-state index contributed by atoms with van der Waals surface area (Å²) in [6, 6.07) is 0. The van der Waals surface area contributed by atoms with Gasteiger partial charge < -0.3 is 5.11 Å². The quantitative estimate of drug-likeness (QED) is 0.484. The molecule has 0 aliphatic rings. The molecule has 0 bridgehead atoms. The lowest BCUT2D eigenvalue weighted by Gasteiger charge is -2.19. The largest absolute Gasteiger partial charge is 0.393 e. The van der Waals surface area contributed by atoms with Gasteiger partial charge in [-0.15, -0.1) is 0 Å². The second-order valence-corrected chi connectivity index (χ2v) is 5.91. The minimum atomic E-state index is -0.0544. The Morgan fingerprint density at radius 1 is 0.667 bits per heavy atom. The molecule has 0 aromatic carbocycles. The highest BCUT2D eigenvalue weighted by atomic mass is 16.3. The third-order valence-electron chi connectivity index (χ3n) is 4.51. The number of unbranched alkanes of at least 4 members (excludes halogenated alkanes) is 1. The van der Waals surface area contributed by atoms with E-state index in [9.17, 15) is 5.11 Å². The van der Waals surface area contributed by atoms with Crippen LogP contribution in [0.2, 0.25) is 0 Å². The molecule has 1 nitrogen and oxygen atoms in total. The van der Waals surface area contributed by atoms with Crippen LogP contribution in [0.25, 0.3) is 0 Å². The van der Waals surface area contributed by atoms with Crippen molar-refractivity contribution < 1.29 is 5.11 Å². The predicted molar refractivity (Wildman–Crippen MR) is 81.9 cm³/mol. The van der Waals surface area contributed by atoms with Gasteiger partial charge in [-0.3, -0.25) is 0 Å². The lowest BCUT2D eigenvalue weighted by Crippen LogP contribution is -2.12. The van der Waals surface area contributed by atoms with Crippen LogP contribution in [0.1, 0.15) is 91.9 Å². The molecule has 2 unspecified atom stereocenters. The minimum Gasteiger partial charge on any atom is -0.393 e. The van der Waals surface area contributed by atoms with E-state index in [1.165, 1.54) is 51.4 Å². The van der Waals surface area contributed by atoms with Gasteiger partial charge in [-0.25, -0.2) is 0 Å². The molecule has 0 saturated heterocycles. The van der Waals surface area contributed by atoms with Gasteiger partial charge in [-0.05, 0) is 37.5 Å². The molecule has 0 fully saturated rings. The molecule has 110 valence electrons. The smallest absolute Gasteiger partial charge is 0.0540 e. The summed E-state index contributed by atoms with van der Waals surface area (Å²) in [4.78, 5) is 0. The second-order valence-electron chi connectivity index (χ2n) is 5.91. The molecule has 0 saturated carbocycles. The van der Waals surface area contributed by atoms with Crippen molar-refractivity contribution in [3.05, 3.63) is 0 Å². The van der Waals surface area contributed by atoms with Crippen molar-refractivity contribution in [3.63, 3.8) is 0 Å². The molecular weight excluding hydrogens is 220 g/mol. The van der Waals surface area contributed by atoms with Crippen LogP contribution in [0, 0.1) is 11.8 Å². The van der Waals surface area contributed by atoms with Gasteiger partial charge in [0.2, 0.25) is 0 Å². The van der Waals surface area contributed by atoms with Crippen LogP contribution in [0.3, 0.4) is 0 Å². The first-order valence-corrected chi connectivity index (χ1v) is 8.35. The molecule has 0 spiro atoms. The number of hydrogen-bond acceptors (Lipinski definition) is 1. The number of rotatable bonds is 12. The maximum atomic E-state index is 10.1. The van der Waals surface area contributed by atoms with Crippen molar-refractivity contribution in [2.75, 3.05) is 0 Å². The average Bonchev–Trinajstić information content (AvgIpc) is 2.40. The summed E-state index contributed by atoms with van der Waals surface area (Å²) in [6.07, 6.45) is 12.2. The van der Waals surface area contributed by atoms with Gasteiger partial charge in [0.15, 0.2) is 0 Å². The molecule has 0 aromatic heterocycles. The summed E-state index contributed by atoms with van der Waals surface area (Å²) in [6.45, 7) is 9.07. The summed E-state index contributed by atoms with van der Waals surface area (Å²) in [5, 5.41) is 10.1. The molecule has 0 aliphatic carbocycles. The zero-order chi connectivity index (χ0) is 13.8. The van der Waals surface area contributed by atoms with E-state index in [1.54, 1.807) is 0 Å². The Morgan fingerprint density at radius 2 is 1.17 bits per heavy atom.